The number of rotatable bonds is 3. The summed E-state index contributed by atoms with van der Waals surface area (Å²) in [6, 6.07) is 1.53. The van der Waals surface area contributed by atoms with Crippen LogP contribution >= 0.6 is 0 Å². The summed E-state index contributed by atoms with van der Waals surface area (Å²) >= 11 is 0. The van der Waals surface area contributed by atoms with Crippen LogP contribution in [0.1, 0.15) is 17.4 Å². The van der Waals surface area contributed by atoms with E-state index in [1.54, 1.807) is 17.2 Å². The van der Waals surface area contributed by atoms with E-state index in [9.17, 15) is 4.79 Å². The predicted octanol–water partition coefficient (Wildman–Crippen LogP) is -0.698. The van der Waals surface area contributed by atoms with Crippen LogP contribution in [0.3, 0.4) is 0 Å². The summed E-state index contributed by atoms with van der Waals surface area (Å²) < 4.78 is 0. The van der Waals surface area contributed by atoms with Gasteiger partial charge in [0.15, 0.2) is 5.84 Å². The van der Waals surface area contributed by atoms with Crippen molar-refractivity contribution in [1.82, 2.24) is 20.0 Å². The number of amides is 1. The molecule has 8 heteroatoms. The first-order valence-electron chi connectivity index (χ1n) is 6.13. The van der Waals surface area contributed by atoms with E-state index < -0.39 is 0 Å². The smallest absolute Gasteiger partial charge is 0.271 e. The fraction of sp³-hybridized carbons (Fsp3) is 0.545. The van der Waals surface area contributed by atoms with Gasteiger partial charge in [0, 0.05) is 32.4 Å². The number of hydrogen-bond donors (Lipinski definition) is 3. The summed E-state index contributed by atoms with van der Waals surface area (Å²) in [4.78, 5) is 15.9. The van der Waals surface area contributed by atoms with Crippen molar-refractivity contribution in [1.29, 1.82) is 0 Å². The van der Waals surface area contributed by atoms with Gasteiger partial charge < -0.3 is 15.8 Å². The van der Waals surface area contributed by atoms with E-state index in [-0.39, 0.29) is 17.8 Å². The summed E-state index contributed by atoms with van der Waals surface area (Å²) in [7, 11) is 0. The third kappa shape index (κ3) is 2.84. The van der Waals surface area contributed by atoms with Gasteiger partial charge in [-0.05, 0) is 13.0 Å². The summed E-state index contributed by atoms with van der Waals surface area (Å²) in [5, 5.41) is 18.1. The van der Waals surface area contributed by atoms with Crippen LogP contribution in [-0.4, -0.2) is 69.2 Å². The Bertz CT molecular complexity index is 450. The van der Waals surface area contributed by atoms with E-state index in [1.165, 1.54) is 0 Å². The molecule has 1 aliphatic rings. The Morgan fingerprint density at radius 1 is 1.53 bits per heavy atom. The number of H-pyrrole nitrogens is 1. The van der Waals surface area contributed by atoms with Crippen molar-refractivity contribution in [3.8, 4) is 0 Å². The largest absolute Gasteiger partial charge is 0.409 e. The number of piperazine rings is 1. The second-order valence-electron chi connectivity index (χ2n) is 4.50. The Labute approximate surface area is 110 Å². The van der Waals surface area contributed by atoms with E-state index in [4.69, 9.17) is 10.9 Å². The maximum atomic E-state index is 12.1. The molecule has 1 unspecified atom stereocenters. The van der Waals surface area contributed by atoms with Crippen LogP contribution in [0.2, 0.25) is 0 Å². The first-order chi connectivity index (χ1) is 9.13. The van der Waals surface area contributed by atoms with Gasteiger partial charge in [-0.3, -0.25) is 14.8 Å². The van der Waals surface area contributed by atoms with Crippen molar-refractivity contribution in [3.63, 3.8) is 0 Å². The molecule has 1 aromatic heterocycles. The minimum Gasteiger partial charge on any atom is -0.409 e. The maximum absolute atomic E-state index is 12.1. The number of aromatic nitrogens is 2. The average molecular weight is 266 g/mol. The molecule has 1 aliphatic heterocycles. The lowest BCUT2D eigenvalue weighted by Crippen LogP contribution is -2.54. The second kappa shape index (κ2) is 5.70. The molecule has 0 bridgehead atoms. The van der Waals surface area contributed by atoms with Crippen LogP contribution in [0.5, 0.6) is 0 Å². The normalized spacial score (nSPS) is 19.4. The van der Waals surface area contributed by atoms with Crippen molar-refractivity contribution in [3.05, 3.63) is 18.0 Å². The summed E-state index contributed by atoms with van der Waals surface area (Å²) in [5.74, 6) is 0.141. The topological polar surface area (TPSA) is 111 Å². The van der Waals surface area contributed by atoms with Gasteiger partial charge in [0.1, 0.15) is 5.69 Å². The number of nitrogens with one attached hydrogen (secondary N) is 1. The molecule has 104 valence electrons. The molecule has 0 spiro atoms. The minimum atomic E-state index is -0.130. The van der Waals surface area contributed by atoms with Gasteiger partial charge >= 0.3 is 0 Å². The Hall–Kier alpha value is -2.09. The zero-order chi connectivity index (χ0) is 13.8. The molecule has 4 N–H and O–H groups in total. The van der Waals surface area contributed by atoms with Crippen molar-refractivity contribution in [2.45, 2.75) is 13.0 Å². The monoisotopic (exact) mass is 266 g/mol. The molecule has 2 heterocycles. The van der Waals surface area contributed by atoms with Gasteiger partial charge in [-0.1, -0.05) is 5.16 Å². The first-order valence-corrected chi connectivity index (χ1v) is 6.13. The van der Waals surface area contributed by atoms with Crippen LogP contribution in [-0.2, 0) is 0 Å². The number of nitrogens with two attached hydrogens (primary N) is 1. The zero-order valence-electron chi connectivity index (χ0n) is 10.8. The van der Waals surface area contributed by atoms with E-state index in [0.29, 0.717) is 31.9 Å². The van der Waals surface area contributed by atoms with Gasteiger partial charge in [0.2, 0.25) is 0 Å². The SMILES string of the molecule is CC(C(N)=NO)N1CCN(C(=O)c2ccn[nH]2)CC1. The highest BCUT2D eigenvalue weighted by Gasteiger charge is 2.26. The van der Waals surface area contributed by atoms with Crippen LogP contribution in [0, 0.1) is 0 Å². The second-order valence-corrected chi connectivity index (χ2v) is 4.50. The van der Waals surface area contributed by atoms with Crippen LogP contribution in [0.4, 0.5) is 0 Å². The number of nitrogens with zero attached hydrogens (tertiary/aromatic N) is 4. The van der Waals surface area contributed by atoms with Gasteiger partial charge in [0.25, 0.3) is 5.91 Å². The number of aromatic amines is 1. The number of oxime groups is 1. The molecule has 1 atom stereocenters. The van der Waals surface area contributed by atoms with Crippen molar-refractivity contribution in [2.75, 3.05) is 26.2 Å². The van der Waals surface area contributed by atoms with E-state index in [2.05, 4.69) is 20.3 Å². The average Bonchev–Trinajstić information content (AvgIpc) is 2.99. The minimum absolute atomic E-state index is 0.0476. The van der Waals surface area contributed by atoms with Crippen molar-refractivity contribution < 1.29 is 10.0 Å². The number of hydrogen-bond acceptors (Lipinski definition) is 5. The number of carbonyl (C=O) groups is 1. The molecule has 1 fully saturated rings. The highest BCUT2D eigenvalue weighted by atomic mass is 16.4. The molecule has 1 saturated heterocycles. The van der Waals surface area contributed by atoms with Crippen LogP contribution < -0.4 is 5.73 Å². The summed E-state index contributed by atoms with van der Waals surface area (Å²) in [5.41, 5.74) is 6.08. The summed E-state index contributed by atoms with van der Waals surface area (Å²) in [6.07, 6.45) is 1.56. The Morgan fingerprint density at radius 3 is 2.74 bits per heavy atom. The van der Waals surface area contributed by atoms with Crippen molar-refractivity contribution >= 4 is 11.7 Å². The molecule has 0 radical (unpaired) electrons. The molecule has 0 aliphatic carbocycles. The highest BCUT2D eigenvalue weighted by molar-refractivity contribution is 5.92. The van der Waals surface area contributed by atoms with E-state index >= 15 is 0 Å². The van der Waals surface area contributed by atoms with E-state index in [1.807, 2.05) is 6.92 Å². The molecule has 0 aromatic carbocycles. The molecular weight excluding hydrogens is 248 g/mol. The third-order valence-corrected chi connectivity index (χ3v) is 3.42. The molecule has 0 saturated carbocycles. The fourth-order valence-corrected chi connectivity index (χ4v) is 2.13. The highest BCUT2D eigenvalue weighted by Crippen LogP contribution is 2.09. The number of carbonyl (C=O) groups excluding carboxylic acids is 1. The Kier molecular flexibility index (Phi) is 4.00. The Morgan fingerprint density at radius 2 is 2.21 bits per heavy atom. The molecule has 1 amide bonds. The summed E-state index contributed by atoms with van der Waals surface area (Å²) in [6.45, 7) is 4.48. The van der Waals surface area contributed by atoms with Gasteiger partial charge in [0.05, 0.1) is 6.04 Å². The molecule has 2 rings (SSSR count). The van der Waals surface area contributed by atoms with Crippen LogP contribution in [0.25, 0.3) is 0 Å². The van der Waals surface area contributed by atoms with Crippen LogP contribution in [0.15, 0.2) is 17.4 Å². The predicted molar refractivity (Wildman–Crippen MR) is 68.9 cm³/mol. The zero-order valence-corrected chi connectivity index (χ0v) is 10.8. The first kappa shape index (κ1) is 13.3. The maximum Gasteiger partial charge on any atom is 0.271 e. The third-order valence-electron chi connectivity index (χ3n) is 3.42. The molecule has 8 nitrogen and oxygen atoms in total. The lowest BCUT2D eigenvalue weighted by Gasteiger charge is -2.37. The lowest BCUT2D eigenvalue weighted by atomic mass is 10.2. The van der Waals surface area contributed by atoms with E-state index in [0.717, 1.165) is 0 Å². The Balaban J connectivity index is 1.91. The van der Waals surface area contributed by atoms with Crippen molar-refractivity contribution in [2.24, 2.45) is 10.9 Å². The van der Waals surface area contributed by atoms with Gasteiger partial charge in [-0.2, -0.15) is 5.10 Å². The van der Waals surface area contributed by atoms with Gasteiger partial charge in [-0.25, -0.2) is 0 Å². The standard InChI is InChI=1S/C11H18N6O2/c1-8(10(12)15-19)16-4-6-17(7-5-16)11(18)9-2-3-13-14-9/h2-3,8,19H,4-7H2,1H3,(H2,12,15)(H,13,14). The molecular formula is C11H18N6O2. The fourth-order valence-electron chi connectivity index (χ4n) is 2.13. The lowest BCUT2D eigenvalue weighted by molar-refractivity contribution is 0.0613. The molecule has 19 heavy (non-hydrogen) atoms. The molecule has 1 aromatic rings. The van der Waals surface area contributed by atoms with Gasteiger partial charge in [-0.15, -0.1) is 0 Å². The number of amidine groups is 1. The quantitative estimate of drug-likeness (QED) is 0.290.